The summed E-state index contributed by atoms with van der Waals surface area (Å²) >= 11 is 5.97. The summed E-state index contributed by atoms with van der Waals surface area (Å²) < 4.78 is 14.5. The van der Waals surface area contributed by atoms with Crippen LogP contribution in [0.1, 0.15) is 16.1 Å². The van der Waals surface area contributed by atoms with Gasteiger partial charge in [-0.15, -0.1) is 0 Å². The number of hydrogen-bond donors (Lipinski definition) is 2. The van der Waals surface area contributed by atoms with Gasteiger partial charge >= 0.3 is 0 Å². The van der Waals surface area contributed by atoms with Crippen molar-refractivity contribution in [1.82, 2.24) is 15.1 Å². The molecule has 0 aliphatic carbocycles. The van der Waals surface area contributed by atoms with E-state index in [4.69, 9.17) is 17.3 Å². The number of nitrogens with zero attached hydrogens (tertiary/aromatic N) is 2. The molecule has 144 valence electrons. The first kappa shape index (κ1) is 19.6. The second-order valence-corrected chi connectivity index (χ2v) is 6.70. The fourth-order valence-electron chi connectivity index (χ4n) is 2.69. The SMILES string of the molecule is NC(=O)C(CNC(=O)c1ccn(-c2cccc(Cl)c2)n1)Cc1ccc(F)cc1. The normalized spacial score (nSPS) is 11.8. The summed E-state index contributed by atoms with van der Waals surface area (Å²) in [7, 11) is 0. The molecule has 0 spiro atoms. The summed E-state index contributed by atoms with van der Waals surface area (Å²) in [5.74, 6) is -1.95. The molecule has 0 radical (unpaired) electrons. The first-order valence-corrected chi connectivity index (χ1v) is 8.94. The Labute approximate surface area is 166 Å². The Kier molecular flexibility index (Phi) is 6.06. The van der Waals surface area contributed by atoms with Crippen molar-refractivity contribution in [2.24, 2.45) is 11.7 Å². The van der Waals surface area contributed by atoms with Crippen molar-refractivity contribution in [1.29, 1.82) is 0 Å². The zero-order chi connectivity index (χ0) is 20.1. The van der Waals surface area contributed by atoms with E-state index < -0.39 is 17.7 Å². The number of rotatable bonds is 7. The number of halogens is 2. The zero-order valence-electron chi connectivity index (χ0n) is 14.8. The number of carbonyl (C=O) groups excluding carboxylic acids is 2. The van der Waals surface area contributed by atoms with Gasteiger partial charge in [0.2, 0.25) is 5.91 Å². The fraction of sp³-hybridized carbons (Fsp3) is 0.150. The number of amides is 2. The number of benzene rings is 2. The second-order valence-electron chi connectivity index (χ2n) is 6.27. The zero-order valence-corrected chi connectivity index (χ0v) is 15.6. The summed E-state index contributed by atoms with van der Waals surface area (Å²) in [4.78, 5) is 24.1. The van der Waals surface area contributed by atoms with Crippen LogP contribution in [0, 0.1) is 11.7 Å². The van der Waals surface area contributed by atoms with Crippen LogP contribution >= 0.6 is 11.6 Å². The number of hydrogen-bond acceptors (Lipinski definition) is 3. The van der Waals surface area contributed by atoms with Crippen LogP contribution in [0.4, 0.5) is 4.39 Å². The molecule has 1 aromatic heterocycles. The smallest absolute Gasteiger partial charge is 0.271 e. The van der Waals surface area contributed by atoms with E-state index in [0.29, 0.717) is 11.4 Å². The second kappa shape index (κ2) is 8.67. The highest BCUT2D eigenvalue weighted by atomic mass is 35.5. The maximum absolute atomic E-state index is 13.0. The molecule has 1 atom stereocenters. The van der Waals surface area contributed by atoms with Gasteiger partial charge in [0.05, 0.1) is 11.6 Å². The Balaban J connectivity index is 1.63. The minimum Gasteiger partial charge on any atom is -0.369 e. The van der Waals surface area contributed by atoms with E-state index in [0.717, 1.165) is 11.3 Å². The highest BCUT2D eigenvalue weighted by molar-refractivity contribution is 6.30. The van der Waals surface area contributed by atoms with Crippen LogP contribution in [0.3, 0.4) is 0 Å². The van der Waals surface area contributed by atoms with Crippen LogP contribution in [0.15, 0.2) is 60.8 Å². The van der Waals surface area contributed by atoms with Crippen molar-refractivity contribution in [2.75, 3.05) is 6.54 Å². The van der Waals surface area contributed by atoms with E-state index in [2.05, 4.69) is 10.4 Å². The van der Waals surface area contributed by atoms with Gasteiger partial charge in [0, 0.05) is 17.8 Å². The van der Waals surface area contributed by atoms with Crippen LogP contribution in [-0.2, 0) is 11.2 Å². The van der Waals surface area contributed by atoms with Crippen LogP contribution in [0.25, 0.3) is 5.69 Å². The van der Waals surface area contributed by atoms with E-state index in [9.17, 15) is 14.0 Å². The van der Waals surface area contributed by atoms with E-state index in [1.54, 1.807) is 42.6 Å². The summed E-state index contributed by atoms with van der Waals surface area (Å²) in [5.41, 5.74) is 7.11. The van der Waals surface area contributed by atoms with Crippen molar-refractivity contribution >= 4 is 23.4 Å². The molecule has 3 aromatic rings. The van der Waals surface area contributed by atoms with Gasteiger partial charge in [0.25, 0.3) is 5.91 Å². The number of carbonyl (C=O) groups is 2. The quantitative estimate of drug-likeness (QED) is 0.639. The van der Waals surface area contributed by atoms with Crippen LogP contribution in [0.2, 0.25) is 5.02 Å². The van der Waals surface area contributed by atoms with Gasteiger partial charge in [0.1, 0.15) is 5.82 Å². The van der Waals surface area contributed by atoms with Crippen molar-refractivity contribution in [3.05, 3.63) is 82.9 Å². The third kappa shape index (κ3) is 4.95. The third-order valence-electron chi connectivity index (χ3n) is 4.20. The Morgan fingerprint density at radius 2 is 1.93 bits per heavy atom. The minimum absolute atomic E-state index is 0.0512. The average molecular weight is 401 g/mol. The Morgan fingerprint density at radius 1 is 1.18 bits per heavy atom. The van der Waals surface area contributed by atoms with Crippen molar-refractivity contribution < 1.29 is 14.0 Å². The lowest BCUT2D eigenvalue weighted by Gasteiger charge is -2.14. The molecule has 0 saturated heterocycles. The molecule has 1 heterocycles. The lowest BCUT2D eigenvalue weighted by molar-refractivity contribution is -0.121. The standard InChI is InChI=1S/C20H18ClFN4O2/c21-15-2-1-3-17(11-15)26-9-8-18(25-26)20(28)24-12-14(19(23)27)10-13-4-6-16(22)7-5-13/h1-9,11,14H,10,12H2,(H2,23,27)(H,24,28). The summed E-state index contributed by atoms with van der Waals surface area (Å²) in [5, 5.41) is 7.46. The number of primary amides is 1. The van der Waals surface area contributed by atoms with Gasteiger partial charge in [-0.3, -0.25) is 9.59 Å². The van der Waals surface area contributed by atoms with Gasteiger partial charge in [0.15, 0.2) is 5.69 Å². The lowest BCUT2D eigenvalue weighted by atomic mass is 9.98. The molecule has 2 aromatic carbocycles. The van der Waals surface area contributed by atoms with Gasteiger partial charge in [-0.05, 0) is 48.4 Å². The monoisotopic (exact) mass is 400 g/mol. The van der Waals surface area contributed by atoms with Crippen molar-refractivity contribution in [3.8, 4) is 5.69 Å². The molecule has 2 amide bonds. The molecular weight excluding hydrogens is 383 g/mol. The molecule has 0 saturated carbocycles. The predicted octanol–water partition coefficient (Wildman–Crippen LogP) is 2.74. The highest BCUT2D eigenvalue weighted by Gasteiger charge is 2.19. The van der Waals surface area contributed by atoms with Crippen molar-refractivity contribution in [3.63, 3.8) is 0 Å². The van der Waals surface area contributed by atoms with Gasteiger partial charge < -0.3 is 11.1 Å². The van der Waals surface area contributed by atoms with Crippen LogP contribution in [0.5, 0.6) is 0 Å². The van der Waals surface area contributed by atoms with Gasteiger partial charge in [-0.25, -0.2) is 9.07 Å². The van der Waals surface area contributed by atoms with E-state index in [1.165, 1.54) is 16.8 Å². The molecule has 0 bridgehead atoms. The molecule has 3 rings (SSSR count). The Morgan fingerprint density at radius 3 is 2.61 bits per heavy atom. The molecule has 28 heavy (non-hydrogen) atoms. The molecule has 0 fully saturated rings. The summed E-state index contributed by atoms with van der Waals surface area (Å²) in [6, 6.07) is 14.4. The summed E-state index contributed by atoms with van der Waals surface area (Å²) in [6.45, 7) is 0.0512. The third-order valence-corrected chi connectivity index (χ3v) is 4.44. The highest BCUT2D eigenvalue weighted by Crippen LogP contribution is 2.14. The predicted molar refractivity (Wildman–Crippen MR) is 104 cm³/mol. The minimum atomic E-state index is -0.621. The van der Waals surface area contributed by atoms with E-state index >= 15 is 0 Å². The number of nitrogens with two attached hydrogens (primary N) is 1. The summed E-state index contributed by atoms with van der Waals surface area (Å²) in [6.07, 6.45) is 1.94. The first-order chi connectivity index (χ1) is 13.4. The Bertz CT molecular complexity index is 988. The van der Waals surface area contributed by atoms with Crippen LogP contribution < -0.4 is 11.1 Å². The fourth-order valence-corrected chi connectivity index (χ4v) is 2.88. The molecule has 0 aliphatic heterocycles. The number of nitrogens with one attached hydrogen (secondary N) is 1. The Hall–Kier alpha value is -3.19. The molecule has 0 aliphatic rings. The number of aromatic nitrogens is 2. The van der Waals surface area contributed by atoms with Crippen LogP contribution in [-0.4, -0.2) is 28.1 Å². The molecule has 3 N–H and O–H groups in total. The maximum Gasteiger partial charge on any atom is 0.271 e. The van der Waals surface area contributed by atoms with Gasteiger partial charge in [-0.2, -0.15) is 5.10 Å². The molecule has 1 unspecified atom stereocenters. The largest absolute Gasteiger partial charge is 0.369 e. The lowest BCUT2D eigenvalue weighted by Crippen LogP contribution is -2.37. The van der Waals surface area contributed by atoms with E-state index in [-0.39, 0.29) is 18.1 Å². The topological polar surface area (TPSA) is 90.0 Å². The maximum atomic E-state index is 13.0. The van der Waals surface area contributed by atoms with E-state index in [1.807, 2.05) is 6.07 Å². The molecule has 6 nitrogen and oxygen atoms in total. The average Bonchev–Trinajstić information content (AvgIpc) is 3.16. The van der Waals surface area contributed by atoms with Crippen molar-refractivity contribution in [2.45, 2.75) is 6.42 Å². The van der Waals surface area contributed by atoms with Gasteiger partial charge in [-0.1, -0.05) is 29.8 Å². The first-order valence-electron chi connectivity index (χ1n) is 8.56. The molecular formula is C20H18ClFN4O2. The molecule has 8 heteroatoms.